The summed E-state index contributed by atoms with van der Waals surface area (Å²) in [5.41, 5.74) is -1.39. The second-order valence-electron chi connectivity index (χ2n) is 3.60. The van der Waals surface area contributed by atoms with Gasteiger partial charge in [0.15, 0.2) is 0 Å². The van der Waals surface area contributed by atoms with Crippen LogP contribution in [0.5, 0.6) is 0 Å². The highest BCUT2D eigenvalue weighted by molar-refractivity contribution is 6.68. The van der Waals surface area contributed by atoms with Crippen LogP contribution in [0.4, 0.5) is 0 Å². The lowest BCUT2D eigenvalue weighted by Crippen LogP contribution is -2.41. The minimum atomic E-state index is -1.96. The van der Waals surface area contributed by atoms with Gasteiger partial charge in [0.05, 0.1) is 0 Å². The first kappa shape index (κ1) is 13.8. The Morgan fingerprint density at radius 3 is 2.12 bits per heavy atom. The van der Waals surface area contributed by atoms with Crippen LogP contribution >= 0.6 is 34.8 Å². The van der Waals surface area contributed by atoms with Crippen LogP contribution in [0, 0.1) is 0 Å². The van der Waals surface area contributed by atoms with E-state index in [1.807, 2.05) is 0 Å². The van der Waals surface area contributed by atoms with E-state index in [1.165, 1.54) is 6.92 Å². The van der Waals surface area contributed by atoms with Gasteiger partial charge in [0.1, 0.15) is 11.4 Å². The van der Waals surface area contributed by atoms with E-state index in [0.717, 1.165) is 0 Å². The van der Waals surface area contributed by atoms with Gasteiger partial charge in [0.25, 0.3) is 0 Å². The number of alkyl halides is 3. The number of aliphatic hydroxyl groups is 1. The zero-order valence-electron chi connectivity index (χ0n) is 8.58. The highest BCUT2D eigenvalue weighted by Gasteiger charge is 2.49. The number of halogens is 3. The van der Waals surface area contributed by atoms with Crippen LogP contribution in [0.3, 0.4) is 0 Å². The average molecular weight is 282 g/mol. The maximum absolute atomic E-state index is 11.1. The molecule has 1 N–H and O–H groups in total. The minimum absolute atomic E-state index is 0.243. The molecule has 2 nitrogen and oxygen atoms in total. The topological polar surface area (TPSA) is 37.3 Å². The van der Waals surface area contributed by atoms with E-state index in [-0.39, 0.29) is 12.2 Å². The van der Waals surface area contributed by atoms with E-state index in [2.05, 4.69) is 0 Å². The summed E-state index contributed by atoms with van der Waals surface area (Å²) in [5, 5.41) is 10.4. The van der Waals surface area contributed by atoms with Gasteiger partial charge < -0.3 is 5.11 Å². The van der Waals surface area contributed by atoms with E-state index in [0.29, 0.717) is 5.56 Å². The zero-order chi connectivity index (χ0) is 12.4. The summed E-state index contributed by atoms with van der Waals surface area (Å²) in [7, 11) is 0. The highest BCUT2D eigenvalue weighted by Crippen LogP contribution is 2.47. The molecular formula is C11H11Cl3O2. The van der Waals surface area contributed by atoms with Crippen molar-refractivity contribution in [1.29, 1.82) is 0 Å². The van der Waals surface area contributed by atoms with Gasteiger partial charge in [-0.2, -0.15) is 0 Å². The molecule has 16 heavy (non-hydrogen) atoms. The van der Waals surface area contributed by atoms with E-state index in [4.69, 9.17) is 34.8 Å². The molecule has 5 heteroatoms. The molecule has 0 unspecified atom stereocenters. The van der Waals surface area contributed by atoms with Gasteiger partial charge in [0, 0.05) is 6.42 Å². The Morgan fingerprint density at radius 2 is 1.75 bits per heavy atom. The fourth-order valence-corrected chi connectivity index (χ4v) is 1.97. The molecule has 0 aliphatic heterocycles. The van der Waals surface area contributed by atoms with Gasteiger partial charge in [-0.15, -0.1) is 0 Å². The Labute approximate surface area is 109 Å². The van der Waals surface area contributed by atoms with Gasteiger partial charge in [-0.3, -0.25) is 4.79 Å². The zero-order valence-corrected chi connectivity index (χ0v) is 10.9. The minimum Gasteiger partial charge on any atom is -0.380 e. The second-order valence-corrected chi connectivity index (χ2v) is 5.88. The smallest absolute Gasteiger partial charge is 0.223 e. The van der Waals surface area contributed by atoms with Gasteiger partial charge >= 0.3 is 0 Å². The largest absolute Gasteiger partial charge is 0.380 e. The molecule has 88 valence electrons. The third-order valence-electron chi connectivity index (χ3n) is 2.23. The van der Waals surface area contributed by atoms with E-state index in [9.17, 15) is 9.90 Å². The normalized spacial score (nSPS) is 15.6. The van der Waals surface area contributed by atoms with E-state index < -0.39 is 9.39 Å². The quantitative estimate of drug-likeness (QED) is 0.864. The van der Waals surface area contributed by atoms with Crippen molar-refractivity contribution in [2.24, 2.45) is 0 Å². The summed E-state index contributed by atoms with van der Waals surface area (Å²) in [4.78, 5) is 11.1. The van der Waals surface area contributed by atoms with Gasteiger partial charge in [-0.05, 0) is 12.5 Å². The number of hydrogen-bond donors (Lipinski definition) is 1. The predicted molar refractivity (Wildman–Crippen MR) is 65.9 cm³/mol. The van der Waals surface area contributed by atoms with E-state index >= 15 is 0 Å². The SMILES string of the molecule is CC(=O)C[C@@](O)(c1ccccc1)C(Cl)(Cl)Cl. The lowest BCUT2D eigenvalue weighted by atomic mass is 9.90. The van der Waals surface area contributed by atoms with Crippen LogP contribution in [0.2, 0.25) is 0 Å². The first-order chi connectivity index (χ1) is 7.27. The number of ketones is 1. The van der Waals surface area contributed by atoms with Crippen LogP contribution in [-0.2, 0) is 10.4 Å². The van der Waals surface area contributed by atoms with Gasteiger partial charge in [-0.1, -0.05) is 65.1 Å². The summed E-state index contributed by atoms with van der Waals surface area (Å²) in [6.45, 7) is 1.34. The first-order valence-corrected chi connectivity index (χ1v) is 5.75. The second kappa shape index (κ2) is 4.92. The van der Waals surface area contributed by atoms with Crippen molar-refractivity contribution >= 4 is 40.6 Å². The fraction of sp³-hybridized carbons (Fsp3) is 0.364. The average Bonchev–Trinajstić information content (AvgIpc) is 2.16. The van der Waals surface area contributed by atoms with Crippen LogP contribution < -0.4 is 0 Å². The molecule has 0 amide bonds. The predicted octanol–water partition coefficient (Wildman–Crippen LogP) is 3.22. The Morgan fingerprint density at radius 1 is 1.25 bits per heavy atom. The molecule has 0 heterocycles. The maximum Gasteiger partial charge on any atom is 0.223 e. The van der Waals surface area contributed by atoms with Gasteiger partial charge in [0.2, 0.25) is 3.79 Å². The number of carbonyl (C=O) groups is 1. The summed E-state index contributed by atoms with van der Waals surface area (Å²) in [6.07, 6.45) is -0.243. The molecule has 1 atom stereocenters. The van der Waals surface area contributed by atoms with Crippen molar-refractivity contribution in [3.05, 3.63) is 35.9 Å². The molecule has 0 radical (unpaired) electrons. The van der Waals surface area contributed by atoms with E-state index in [1.54, 1.807) is 30.3 Å². The lowest BCUT2D eigenvalue weighted by Gasteiger charge is -2.34. The summed E-state index contributed by atoms with van der Waals surface area (Å²) in [6, 6.07) is 8.42. The molecule has 0 saturated carbocycles. The Balaban J connectivity index is 3.21. The molecule has 1 rings (SSSR count). The molecule has 0 aromatic heterocycles. The third-order valence-corrected chi connectivity index (χ3v) is 3.16. The van der Waals surface area contributed by atoms with Crippen molar-refractivity contribution in [1.82, 2.24) is 0 Å². The number of Topliss-reactive ketones (excluding diaryl/α,β-unsaturated/α-hetero) is 1. The fourth-order valence-electron chi connectivity index (χ4n) is 1.44. The number of rotatable bonds is 3. The molecule has 0 aliphatic carbocycles. The molecule has 1 aromatic carbocycles. The highest BCUT2D eigenvalue weighted by atomic mass is 35.6. The summed E-state index contributed by atoms with van der Waals surface area (Å²) in [5.74, 6) is -0.252. The Hall–Kier alpha value is -0.280. The molecule has 0 aliphatic rings. The molecule has 0 spiro atoms. The lowest BCUT2D eigenvalue weighted by molar-refractivity contribution is -0.122. The molecule has 0 bridgehead atoms. The van der Waals surface area contributed by atoms with Gasteiger partial charge in [-0.25, -0.2) is 0 Å². The Bertz CT molecular complexity index is 373. The number of benzene rings is 1. The summed E-state index contributed by atoms with van der Waals surface area (Å²) >= 11 is 17.2. The Kier molecular flexibility index (Phi) is 4.24. The standard InChI is InChI=1S/C11H11Cl3O2/c1-8(15)7-10(16,11(12,13)14)9-5-3-2-4-6-9/h2-6,16H,7H2,1H3/t10-/m1/s1. The monoisotopic (exact) mass is 280 g/mol. The molecular weight excluding hydrogens is 270 g/mol. The van der Waals surface area contributed by atoms with Crippen molar-refractivity contribution < 1.29 is 9.90 Å². The summed E-state index contributed by atoms with van der Waals surface area (Å²) < 4.78 is -1.96. The van der Waals surface area contributed by atoms with Crippen molar-refractivity contribution in [2.45, 2.75) is 22.7 Å². The van der Waals surface area contributed by atoms with Crippen LogP contribution in [0.15, 0.2) is 30.3 Å². The first-order valence-electron chi connectivity index (χ1n) is 4.61. The molecule has 1 aromatic rings. The molecule has 0 fully saturated rings. The maximum atomic E-state index is 11.1. The van der Waals surface area contributed by atoms with Crippen molar-refractivity contribution in [3.8, 4) is 0 Å². The van der Waals surface area contributed by atoms with Crippen LogP contribution in [0.25, 0.3) is 0 Å². The number of carbonyl (C=O) groups excluding carboxylic acids is 1. The van der Waals surface area contributed by atoms with Crippen molar-refractivity contribution in [3.63, 3.8) is 0 Å². The third kappa shape index (κ3) is 2.89. The molecule has 0 saturated heterocycles. The number of hydrogen-bond acceptors (Lipinski definition) is 2. The van der Waals surface area contributed by atoms with Crippen LogP contribution in [-0.4, -0.2) is 14.7 Å². The van der Waals surface area contributed by atoms with Crippen LogP contribution in [0.1, 0.15) is 18.9 Å². The van der Waals surface area contributed by atoms with Crippen molar-refractivity contribution in [2.75, 3.05) is 0 Å².